The number of hydrogen-bond donors (Lipinski definition) is 1. The van der Waals surface area contributed by atoms with Gasteiger partial charge in [-0.25, -0.2) is 4.79 Å². The van der Waals surface area contributed by atoms with Gasteiger partial charge in [0.25, 0.3) is 11.7 Å². The van der Waals surface area contributed by atoms with Gasteiger partial charge < -0.3 is 24.2 Å². The minimum absolute atomic E-state index is 0.0561. The largest absolute Gasteiger partial charge is 0.507 e. The second-order valence-electron chi connectivity index (χ2n) is 9.68. The van der Waals surface area contributed by atoms with Crippen molar-refractivity contribution in [3.8, 4) is 11.5 Å². The Morgan fingerprint density at radius 1 is 1.00 bits per heavy atom. The lowest BCUT2D eigenvalue weighted by Crippen LogP contribution is -2.29. The second-order valence-corrected chi connectivity index (χ2v) is 10.1. The van der Waals surface area contributed by atoms with Gasteiger partial charge in [0.05, 0.1) is 48.1 Å². The molecule has 0 spiro atoms. The number of benzene rings is 3. The number of amides is 1. The summed E-state index contributed by atoms with van der Waals surface area (Å²) in [6, 6.07) is 16.1. The molecule has 0 radical (unpaired) electrons. The van der Waals surface area contributed by atoms with Gasteiger partial charge >= 0.3 is 5.97 Å². The van der Waals surface area contributed by atoms with Crippen molar-refractivity contribution < 1.29 is 33.7 Å². The fourth-order valence-corrected chi connectivity index (χ4v) is 4.88. The number of rotatable bonds is 8. The minimum atomic E-state index is -0.892. The predicted molar refractivity (Wildman–Crippen MR) is 151 cm³/mol. The van der Waals surface area contributed by atoms with Gasteiger partial charge in [0, 0.05) is 12.6 Å². The van der Waals surface area contributed by atoms with Crippen LogP contribution in [0.3, 0.4) is 0 Å². The Morgan fingerprint density at radius 2 is 1.68 bits per heavy atom. The van der Waals surface area contributed by atoms with Crippen molar-refractivity contribution in [2.24, 2.45) is 0 Å². The van der Waals surface area contributed by atoms with Crippen LogP contribution in [-0.2, 0) is 20.9 Å². The number of ketones is 1. The van der Waals surface area contributed by atoms with Crippen molar-refractivity contribution in [3.05, 3.63) is 99.1 Å². The Balaban J connectivity index is 1.82. The molecule has 3 aromatic rings. The van der Waals surface area contributed by atoms with E-state index >= 15 is 0 Å². The Bertz CT molecular complexity index is 1490. The van der Waals surface area contributed by atoms with Crippen LogP contribution >= 0.6 is 11.6 Å². The van der Waals surface area contributed by atoms with E-state index in [0.29, 0.717) is 16.7 Å². The topological polar surface area (TPSA) is 102 Å². The highest BCUT2D eigenvalue weighted by Gasteiger charge is 2.46. The summed E-state index contributed by atoms with van der Waals surface area (Å²) in [4.78, 5) is 40.6. The predicted octanol–water partition coefficient (Wildman–Crippen LogP) is 5.85. The highest BCUT2D eigenvalue weighted by atomic mass is 35.5. The highest BCUT2D eigenvalue weighted by molar-refractivity contribution is 6.46. The summed E-state index contributed by atoms with van der Waals surface area (Å²) in [5.41, 5.74) is 2.70. The molecule has 3 aromatic carbocycles. The molecule has 0 bridgehead atoms. The molecule has 1 fully saturated rings. The van der Waals surface area contributed by atoms with Crippen molar-refractivity contribution >= 4 is 35.0 Å². The van der Waals surface area contributed by atoms with E-state index in [2.05, 4.69) is 0 Å². The van der Waals surface area contributed by atoms with Gasteiger partial charge in [0.2, 0.25) is 0 Å². The number of Topliss-reactive ketones (excluding diaryl/α,β-unsaturated/α-hetero) is 1. The fraction of sp³-hybridized carbons (Fsp3) is 0.258. The second kappa shape index (κ2) is 11.8. The van der Waals surface area contributed by atoms with Gasteiger partial charge in [-0.15, -0.1) is 0 Å². The normalized spacial score (nSPS) is 16.4. The Morgan fingerprint density at radius 3 is 2.27 bits per heavy atom. The molecular weight excluding hydrogens is 534 g/mol. The summed E-state index contributed by atoms with van der Waals surface area (Å²) in [5.74, 6) is -1.99. The molecule has 40 heavy (non-hydrogen) atoms. The first kappa shape index (κ1) is 28.7. The highest BCUT2D eigenvalue weighted by Crippen LogP contribution is 2.43. The number of aliphatic hydroxyl groups is 1. The summed E-state index contributed by atoms with van der Waals surface area (Å²) in [6.45, 7) is 5.49. The van der Waals surface area contributed by atoms with Crippen LogP contribution in [0.4, 0.5) is 0 Å². The first-order chi connectivity index (χ1) is 19.0. The van der Waals surface area contributed by atoms with Crippen LogP contribution in [0.5, 0.6) is 11.5 Å². The van der Waals surface area contributed by atoms with E-state index < -0.39 is 29.5 Å². The molecule has 8 nitrogen and oxygen atoms in total. The molecule has 1 unspecified atom stereocenters. The molecule has 1 amide bonds. The lowest BCUT2D eigenvalue weighted by molar-refractivity contribution is -0.140. The standard InChI is InChI=1S/C31H30ClNO7/c1-17(2)40-31(37)20-11-9-19(10-12-20)16-33-27(21-8-6-7-18(3)13-21)26(29(35)30(33)36)28(34)22-14-25(39-5)23(32)15-24(22)38-4/h6-15,17,27,34H,16H2,1-5H3/b28-26+. The number of carbonyl (C=O) groups is 3. The van der Waals surface area contributed by atoms with E-state index in [-0.39, 0.29) is 40.3 Å². The number of nitrogens with zero attached hydrogens (tertiary/aromatic N) is 1. The maximum Gasteiger partial charge on any atom is 0.338 e. The van der Waals surface area contributed by atoms with Gasteiger partial charge in [-0.2, -0.15) is 0 Å². The molecule has 1 aliphatic heterocycles. The van der Waals surface area contributed by atoms with Crippen LogP contribution < -0.4 is 9.47 Å². The number of methoxy groups -OCH3 is 2. The third-order valence-electron chi connectivity index (χ3n) is 6.51. The number of carbonyl (C=O) groups excluding carboxylic acids is 3. The molecule has 0 aliphatic carbocycles. The molecule has 208 valence electrons. The van der Waals surface area contributed by atoms with Crippen LogP contribution in [0.25, 0.3) is 5.76 Å². The SMILES string of the molecule is COc1cc(/C(O)=C2\C(=O)C(=O)N(Cc3ccc(C(=O)OC(C)C)cc3)C2c2cccc(C)c2)c(OC)cc1Cl. The molecule has 0 aromatic heterocycles. The number of ether oxygens (including phenoxy) is 3. The molecule has 0 saturated carbocycles. The maximum absolute atomic E-state index is 13.5. The first-order valence-electron chi connectivity index (χ1n) is 12.6. The molecule has 1 atom stereocenters. The molecule has 1 aliphatic rings. The van der Waals surface area contributed by atoms with E-state index in [1.807, 2.05) is 25.1 Å². The summed E-state index contributed by atoms with van der Waals surface area (Å²) >= 11 is 6.25. The molecule has 9 heteroatoms. The zero-order valence-corrected chi connectivity index (χ0v) is 23.6. The van der Waals surface area contributed by atoms with Crippen molar-refractivity contribution in [3.63, 3.8) is 0 Å². The van der Waals surface area contributed by atoms with E-state index in [9.17, 15) is 19.5 Å². The number of aryl methyl sites for hydroxylation is 1. The summed E-state index contributed by atoms with van der Waals surface area (Å²) in [6.07, 6.45) is -0.257. The van der Waals surface area contributed by atoms with Crippen molar-refractivity contribution in [1.82, 2.24) is 4.90 Å². The van der Waals surface area contributed by atoms with Crippen LogP contribution in [0.2, 0.25) is 5.02 Å². The van der Waals surface area contributed by atoms with Gasteiger partial charge in [-0.3, -0.25) is 9.59 Å². The van der Waals surface area contributed by atoms with E-state index in [1.54, 1.807) is 44.2 Å². The lowest BCUT2D eigenvalue weighted by atomic mass is 9.94. The summed E-state index contributed by atoms with van der Waals surface area (Å²) < 4.78 is 16.0. The molecular formula is C31H30ClNO7. The Hall–Kier alpha value is -4.30. The third kappa shape index (κ3) is 5.67. The smallest absolute Gasteiger partial charge is 0.338 e. The molecule has 1 saturated heterocycles. The van der Waals surface area contributed by atoms with E-state index in [1.165, 1.54) is 31.3 Å². The molecule has 1 heterocycles. The van der Waals surface area contributed by atoms with Crippen molar-refractivity contribution in [1.29, 1.82) is 0 Å². The zero-order valence-electron chi connectivity index (χ0n) is 22.9. The number of halogens is 1. The van der Waals surface area contributed by atoms with Crippen LogP contribution in [0.15, 0.2) is 66.2 Å². The fourth-order valence-electron chi connectivity index (χ4n) is 4.65. The average Bonchev–Trinajstić information content (AvgIpc) is 3.17. The number of hydrogen-bond acceptors (Lipinski definition) is 7. The van der Waals surface area contributed by atoms with Gasteiger partial charge in [-0.05, 0) is 50.1 Å². The van der Waals surface area contributed by atoms with Crippen LogP contribution in [-0.4, -0.2) is 48.0 Å². The minimum Gasteiger partial charge on any atom is -0.507 e. The molecule has 4 rings (SSSR count). The average molecular weight is 564 g/mol. The number of likely N-dealkylation sites (tertiary alicyclic amines) is 1. The Labute approximate surface area is 237 Å². The Kier molecular flexibility index (Phi) is 8.49. The number of aliphatic hydroxyl groups excluding tert-OH is 1. The summed E-state index contributed by atoms with van der Waals surface area (Å²) in [7, 11) is 2.84. The quantitative estimate of drug-likeness (QED) is 0.159. The maximum atomic E-state index is 13.5. The first-order valence-corrected chi connectivity index (χ1v) is 13.0. The summed E-state index contributed by atoms with van der Waals surface area (Å²) in [5, 5.41) is 11.8. The van der Waals surface area contributed by atoms with Crippen LogP contribution in [0.1, 0.15) is 52.5 Å². The van der Waals surface area contributed by atoms with Gasteiger partial charge in [-0.1, -0.05) is 53.6 Å². The molecule has 1 N–H and O–H groups in total. The van der Waals surface area contributed by atoms with Crippen LogP contribution in [0, 0.1) is 6.92 Å². The van der Waals surface area contributed by atoms with Gasteiger partial charge in [0.1, 0.15) is 17.3 Å². The van der Waals surface area contributed by atoms with Crippen molar-refractivity contribution in [2.75, 3.05) is 14.2 Å². The lowest BCUT2D eigenvalue weighted by Gasteiger charge is -2.26. The third-order valence-corrected chi connectivity index (χ3v) is 6.81. The van der Waals surface area contributed by atoms with Crippen molar-refractivity contribution in [2.45, 2.75) is 39.5 Å². The zero-order chi connectivity index (χ0) is 29.1. The number of esters is 1. The van der Waals surface area contributed by atoms with E-state index in [4.69, 9.17) is 25.8 Å². The van der Waals surface area contributed by atoms with Gasteiger partial charge in [0.15, 0.2) is 0 Å². The van der Waals surface area contributed by atoms with E-state index in [0.717, 1.165) is 5.56 Å². The monoisotopic (exact) mass is 563 g/mol.